The molecule has 4 unspecified atom stereocenters. The number of carbonyl (C=O) groups is 1. The number of hydrogen-bond donors (Lipinski definition) is 1. The van der Waals surface area contributed by atoms with Gasteiger partial charge in [0.05, 0.1) is 39.1 Å². The molecule has 0 aliphatic carbocycles. The number of aliphatic hydroxyl groups excluding tert-OH is 1. The van der Waals surface area contributed by atoms with Crippen molar-refractivity contribution in [3.8, 4) is 0 Å². The molecule has 0 radical (unpaired) electrons. The van der Waals surface area contributed by atoms with Gasteiger partial charge >= 0.3 is 6.09 Å². The van der Waals surface area contributed by atoms with E-state index in [0.717, 1.165) is 33.4 Å². The Morgan fingerprint density at radius 3 is 1.77 bits per heavy atom. The van der Waals surface area contributed by atoms with Crippen LogP contribution in [0.5, 0.6) is 0 Å². The number of ether oxygens (including phenoxy) is 4. The number of methoxy groups -OCH3 is 1. The fraction of sp³-hybridized carbons (Fsp3) is 0.311. The van der Waals surface area contributed by atoms with E-state index in [1.165, 1.54) is 0 Å². The lowest BCUT2D eigenvalue weighted by Crippen LogP contribution is -2.52. The van der Waals surface area contributed by atoms with Gasteiger partial charge in [-0.25, -0.2) is 4.79 Å². The fourth-order valence-electron chi connectivity index (χ4n) is 7.28. The molecule has 1 saturated heterocycles. The van der Waals surface area contributed by atoms with Crippen LogP contribution in [0.2, 0.25) is 0 Å². The number of benzene rings is 5. The topological polar surface area (TPSA) is 77.5 Å². The summed E-state index contributed by atoms with van der Waals surface area (Å²) < 4.78 is 24.2. The van der Waals surface area contributed by atoms with Crippen LogP contribution in [0, 0.1) is 11.8 Å². The second-order valence-corrected chi connectivity index (χ2v) is 13.7. The highest BCUT2D eigenvalue weighted by Crippen LogP contribution is 2.43. The maximum absolute atomic E-state index is 13.5. The van der Waals surface area contributed by atoms with Crippen molar-refractivity contribution in [3.05, 3.63) is 179 Å². The average Bonchev–Trinajstić information content (AvgIpc) is 3.19. The number of hydrogen-bond acceptors (Lipinski definition) is 6. The molecule has 1 aliphatic heterocycles. The molecule has 1 amide bonds. The molecule has 6 rings (SSSR count). The maximum Gasteiger partial charge on any atom is 0.410 e. The van der Waals surface area contributed by atoms with Crippen molar-refractivity contribution in [2.75, 3.05) is 40.0 Å². The van der Waals surface area contributed by atoms with Gasteiger partial charge in [0.15, 0.2) is 0 Å². The molecule has 270 valence electrons. The summed E-state index contributed by atoms with van der Waals surface area (Å²) in [4.78, 5) is 15.2. The second kappa shape index (κ2) is 18.1. The van der Waals surface area contributed by atoms with Crippen molar-refractivity contribution in [2.45, 2.75) is 37.8 Å². The monoisotopic (exact) mass is 699 g/mol. The molecule has 0 bridgehead atoms. The van der Waals surface area contributed by atoms with Crippen LogP contribution < -0.4 is 0 Å². The number of amides is 1. The summed E-state index contributed by atoms with van der Waals surface area (Å²) in [5.41, 5.74) is 4.96. The maximum atomic E-state index is 13.5. The van der Waals surface area contributed by atoms with Crippen molar-refractivity contribution < 1.29 is 28.8 Å². The van der Waals surface area contributed by atoms with Crippen molar-refractivity contribution in [1.82, 2.24) is 4.90 Å². The van der Waals surface area contributed by atoms with Gasteiger partial charge in [0, 0.05) is 31.4 Å². The highest BCUT2D eigenvalue weighted by molar-refractivity contribution is 5.68. The molecule has 52 heavy (non-hydrogen) atoms. The third kappa shape index (κ3) is 8.98. The van der Waals surface area contributed by atoms with Gasteiger partial charge in [-0.1, -0.05) is 153 Å². The van der Waals surface area contributed by atoms with Gasteiger partial charge in [-0.05, 0) is 33.4 Å². The van der Waals surface area contributed by atoms with E-state index >= 15 is 0 Å². The Hall–Kier alpha value is -4.79. The number of rotatable bonds is 15. The zero-order valence-corrected chi connectivity index (χ0v) is 30.1. The molecule has 1 fully saturated rings. The lowest BCUT2D eigenvalue weighted by molar-refractivity contribution is -0.0539. The molecule has 0 saturated carbocycles. The first-order chi connectivity index (χ1) is 25.5. The lowest BCUT2D eigenvalue weighted by atomic mass is 9.77. The number of aliphatic hydroxyl groups is 1. The second-order valence-electron chi connectivity index (χ2n) is 13.7. The number of carbonyl (C=O) groups excluding carboxylic acids is 1. The molecule has 1 N–H and O–H groups in total. The first-order valence-electron chi connectivity index (χ1n) is 18.1. The van der Waals surface area contributed by atoms with E-state index in [2.05, 4.69) is 67.6 Å². The van der Waals surface area contributed by atoms with Gasteiger partial charge in [0.25, 0.3) is 0 Å². The van der Waals surface area contributed by atoms with E-state index in [9.17, 15) is 9.90 Å². The summed E-state index contributed by atoms with van der Waals surface area (Å²) in [5.74, 6) is -0.255. The predicted molar refractivity (Wildman–Crippen MR) is 203 cm³/mol. The summed E-state index contributed by atoms with van der Waals surface area (Å²) in [5, 5.41) is 11.9. The van der Waals surface area contributed by atoms with E-state index in [0.29, 0.717) is 32.3 Å². The van der Waals surface area contributed by atoms with Crippen molar-refractivity contribution in [3.63, 3.8) is 0 Å². The summed E-state index contributed by atoms with van der Waals surface area (Å²) in [7, 11) is 1.70. The van der Waals surface area contributed by atoms with Gasteiger partial charge in [-0.15, -0.1) is 0 Å². The first-order valence-corrected chi connectivity index (χ1v) is 18.1. The smallest absolute Gasteiger partial charge is 0.410 e. The molecular formula is C45H49NO6. The van der Waals surface area contributed by atoms with Crippen LogP contribution >= 0.6 is 0 Å². The van der Waals surface area contributed by atoms with Crippen molar-refractivity contribution in [2.24, 2.45) is 11.8 Å². The highest BCUT2D eigenvalue weighted by Gasteiger charge is 2.43. The van der Waals surface area contributed by atoms with E-state index < -0.39 is 17.8 Å². The third-order valence-electron chi connectivity index (χ3n) is 9.79. The molecule has 5 aromatic rings. The number of β-amino-alcohol motifs (C(OH)–C–C–N with tert-alkyl or cyclic N) is 1. The third-order valence-corrected chi connectivity index (χ3v) is 9.79. The Balaban J connectivity index is 1.30. The Morgan fingerprint density at radius 1 is 0.712 bits per heavy atom. The molecule has 0 spiro atoms. The van der Waals surface area contributed by atoms with Gasteiger partial charge < -0.3 is 29.0 Å². The van der Waals surface area contributed by atoms with E-state index in [1.54, 1.807) is 12.0 Å². The van der Waals surface area contributed by atoms with Crippen molar-refractivity contribution >= 4 is 6.09 Å². The van der Waals surface area contributed by atoms with Crippen LogP contribution in [0.15, 0.2) is 146 Å². The van der Waals surface area contributed by atoms with Crippen LogP contribution in [0.25, 0.3) is 0 Å². The zero-order chi connectivity index (χ0) is 36.2. The fourth-order valence-corrected chi connectivity index (χ4v) is 7.28. The number of likely N-dealkylation sites (tertiary alicyclic amines) is 1. The largest absolute Gasteiger partial charge is 0.445 e. The summed E-state index contributed by atoms with van der Waals surface area (Å²) in [6, 6.07) is 48.6. The molecule has 1 aliphatic rings. The van der Waals surface area contributed by atoms with Gasteiger partial charge in [-0.2, -0.15) is 0 Å². The zero-order valence-electron chi connectivity index (χ0n) is 30.1. The molecule has 0 aromatic heterocycles. The SMILES string of the molecule is COCC(C)COCc1ccc(C2C(O)CN(C(=O)OCc3ccccc3)CC2COC(c2ccccc2)(c2ccccc2)c2ccccc2)cc1. The van der Waals surface area contributed by atoms with E-state index in [4.69, 9.17) is 18.9 Å². The molecule has 5 aromatic carbocycles. The molecule has 7 nitrogen and oxygen atoms in total. The number of nitrogens with zero attached hydrogens (tertiary/aromatic N) is 1. The van der Waals surface area contributed by atoms with Crippen molar-refractivity contribution in [1.29, 1.82) is 0 Å². The predicted octanol–water partition coefficient (Wildman–Crippen LogP) is 8.21. The minimum Gasteiger partial charge on any atom is -0.445 e. The first kappa shape index (κ1) is 37.0. The van der Waals surface area contributed by atoms with Gasteiger partial charge in [-0.3, -0.25) is 0 Å². The normalized spacial score (nSPS) is 18.1. The molecule has 7 heteroatoms. The summed E-state index contributed by atoms with van der Waals surface area (Å²) >= 11 is 0. The Labute approximate surface area is 307 Å². The molecule has 1 heterocycles. The van der Waals surface area contributed by atoms with Crippen LogP contribution in [0.4, 0.5) is 4.79 Å². The molecular weight excluding hydrogens is 650 g/mol. The molecule has 4 atom stereocenters. The van der Waals surface area contributed by atoms with Crippen LogP contribution in [-0.2, 0) is 37.8 Å². The number of piperidine rings is 1. The summed E-state index contributed by atoms with van der Waals surface area (Å²) in [6.45, 7) is 4.77. The van der Waals surface area contributed by atoms with E-state index in [-0.39, 0.29) is 31.6 Å². The standard InChI is InChI=1S/C45H49NO6/c1-34(29-49-2)30-50-31-36-23-25-37(26-24-36)43-38(27-46(28-42(43)47)44(48)51-32-35-15-7-3-8-16-35)33-52-45(39-17-9-4-10-18-39,40-19-11-5-12-20-40)41-21-13-6-14-22-41/h3-26,34,38,42-43,47H,27-33H2,1-2H3. The Kier molecular flexibility index (Phi) is 12.9. The average molecular weight is 700 g/mol. The van der Waals surface area contributed by atoms with Gasteiger partial charge in [0.1, 0.15) is 12.2 Å². The van der Waals surface area contributed by atoms with Crippen LogP contribution in [-0.4, -0.2) is 62.2 Å². The van der Waals surface area contributed by atoms with E-state index in [1.807, 2.05) is 84.9 Å². The minimum absolute atomic E-state index is 0.151. The van der Waals surface area contributed by atoms with Crippen LogP contribution in [0.3, 0.4) is 0 Å². The van der Waals surface area contributed by atoms with Gasteiger partial charge in [0.2, 0.25) is 0 Å². The van der Waals surface area contributed by atoms with Crippen LogP contribution in [0.1, 0.15) is 46.2 Å². The highest BCUT2D eigenvalue weighted by atomic mass is 16.6. The summed E-state index contributed by atoms with van der Waals surface area (Å²) in [6.07, 6.45) is -1.30. The Bertz CT molecular complexity index is 1690. The lowest BCUT2D eigenvalue weighted by Gasteiger charge is -2.44. The minimum atomic E-state index is -0.948. The quantitative estimate of drug-likeness (QED) is 0.111. The Morgan fingerprint density at radius 2 is 1.23 bits per heavy atom.